The van der Waals surface area contributed by atoms with Gasteiger partial charge in [-0.15, -0.1) is 45.3 Å². The number of carboxylic acid groups (broad SMARTS) is 2. The van der Waals surface area contributed by atoms with Gasteiger partial charge in [-0.25, -0.2) is 50.2 Å². The van der Waals surface area contributed by atoms with Gasteiger partial charge in [-0.3, -0.25) is 28.8 Å². The number of aryl methyl sites for hydroxylation is 5. The highest BCUT2D eigenvalue weighted by molar-refractivity contribution is 7.89. The van der Waals surface area contributed by atoms with Crippen LogP contribution < -0.4 is 28.3 Å². The summed E-state index contributed by atoms with van der Waals surface area (Å²) in [6, 6.07) is 51.2. The predicted octanol–water partition coefficient (Wildman–Crippen LogP) is 13.9. The number of carbonyl (C=O) groups excluding carboxylic acids is 5. The SMILES string of the molecule is CC(=O)c1cccc(C)c1.CCC(=O)Cc1nc(-c2cccc(C)c2)cs1.CCC(=O)O.CN(C)S(=O)(=O)c1cccc(C(=O)O)c1.Cc1cccc(-c2csc(CC(=O)CN)n2)c1.Cc1cccc(-c2csc(CC(=O)CNC(=O)c3cccc(S(=O)(=O)N(C)C)c3)n2)c1.Cc1cccc(-c2csc(N)n2)c1.NC(N)=S. The molecular weight excluding hydrogens is 1560 g/mol. The number of aromatic nitrogens is 4. The number of aromatic carboxylic acids is 1. The number of anilines is 1. The molecule has 592 valence electrons. The number of benzene rings is 7. The lowest BCUT2D eigenvalue weighted by molar-refractivity contribution is -0.136. The molecule has 0 fully saturated rings. The van der Waals surface area contributed by atoms with Crippen molar-refractivity contribution in [3.63, 3.8) is 0 Å². The van der Waals surface area contributed by atoms with Crippen LogP contribution in [0.3, 0.4) is 0 Å². The quantitative estimate of drug-likeness (QED) is 0.0245. The Hall–Kier alpha value is -10.6. The van der Waals surface area contributed by atoms with E-state index in [2.05, 4.69) is 106 Å². The third-order valence-electron chi connectivity index (χ3n) is 15.0. The second-order valence-corrected chi connectivity index (χ2v) is 33.3. The fourth-order valence-corrected chi connectivity index (χ4v) is 14.1. The molecule has 11 N–H and O–H groups in total. The van der Waals surface area contributed by atoms with Crippen LogP contribution in [0.4, 0.5) is 5.13 Å². The zero-order valence-corrected chi connectivity index (χ0v) is 69.9. The van der Waals surface area contributed by atoms with Crippen LogP contribution in [0.5, 0.6) is 0 Å². The summed E-state index contributed by atoms with van der Waals surface area (Å²) in [5.41, 5.74) is 35.0. The molecule has 0 saturated carbocycles. The molecule has 11 rings (SSSR count). The van der Waals surface area contributed by atoms with Gasteiger partial charge in [0.15, 0.2) is 27.6 Å². The van der Waals surface area contributed by atoms with Crippen molar-refractivity contribution in [2.24, 2.45) is 17.2 Å². The second-order valence-electron chi connectivity index (χ2n) is 24.8. The topological polar surface area (TPSA) is 402 Å². The number of aliphatic carboxylic acids is 1. The Morgan fingerprint density at radius 3 is 1.09 bits per heavy atom. The Balaban J connectivity index is 0.000000286. The van der Waals surface area contributed by atoms with Gasteiger partial charge in [-0.2, -0.15) is 0 Å². The Morgan fingerprint density at radius 1 is 0.455 bits per heavy atom. The monoisotopic (exact) mass is 1650 g/mol. The van der Waals surface area contributed by atoms with Crippen LogP contribution in [-0.2, 0) is 58.5 Å². The zero-order valence-electron chi connectivity index (χ0n) is 64.2. The van der Waals surface area contributed by atoms with Gasteiger partial charge in [0.1, 0.15) is 20.8 Å². The van der Waals surface area contributed by atoms with Crippen molar-refractivity contribution < 1.29 is 60.6 Å². The molecule has 24 nitrogen and oxygen atoms in total. The maximum atomic E-state index is 12.4. The lowest BCUT2D eigenvalue weighted by atomic mass is 10.1. The lowest BCUT2D eigenvalue weighted by Gasteiger charge is -2.12. The minimum absolute atomic E-state index is 0.000000000000000222. The number of sulfonamides is 2. The van der Waals surface area contributed by atoms with Gasteiger partial charge in [-0.05, 0) is 120 Å². The Labute approximate surface area is 675 Å². The first-order valence-electron chi connectivity index (χ1n) is 34.3. The number of amides is 1. The molecule has 4 aromatic heterocycles. The average molecular weight is 1650 g/mol. The Morgan fingerprint density at radius 2 is 0.777 bits per heavy atom. The number of nitrogens with one attached hydrogen (secondary N) is 1. The van der Waals surface area contributed by atoms with Crippen LogP contribution in [0.15, 0.2) is 201 Å². The number of carbonyl (C=O) groups is 7. The summed E-state index contributed by atoms with van der Waals surface area (Å²) in [7, 11) is -1.59. The van der Waals surface area contributed by atoms with E-state index in [1.165, 1.54) is 121 Å². The van der Waals surface area contributed by atoms with Gasteiger partial charge in [0.25, 0.3) is 5.91 Å². The molecule has 0 spiro atoms. The van der Waals surface area contributed by atoms with Crippen LogP contribution in [0.1, 0.15) is 108 Å². The fourth-order valence-electron chi connectivity index (χ4n) is 9.13. The summed E-state index contributed by atoms with van der Waals surface area (Å²) < 4.78 is 49.9. The van der Waals surface area contributed by atoms with Crippen LogP contribution in [0.25, 0.3) is 45.0 Å². The van der Waals surface area contributed by atoms with Gasteiger partial charge in [0.05, 0.1) is 70.5 Å². The number of nitrogens with two attached hydrogens (primary N) is 4. The van der Waals surface area contributed by atoms with Gasteiger partial charge >= 0.3 is 11.9 Å². The summed E-state index contributed by atoms with van der Waals surface area (Å²) in [6.07, 6.45) is 1.73. The summed E-state index contributed by atoms with van der Waals surface area (Å²) in [4.78, 5) is 95.8. The van der Waals surface area contributed by atoms with E-state index in [9.17, 15) is 50.4 Å². The molecule has 4 heterocycles. The van der Waals surface area contributed by atoms with Crippen molar-refractivity contribution in [2.75, 3.05) is 47.0 Å². The molecule has 0 aliphatic rings. The molecule has 1 amide bonds. The number of carboxylic acids is 2. The third kappa shape index (κ3) is 33.2. The largest absolute Gasteiger partial charge is 0.481 e. The van der Waals surface area contributed by atoms with Gasteiger partial charge < -0.3 is 38.5 Å². The molecule has 0 aliphatic heterocycles. The van der Waals surface area contributed by atoms with E-state index in [-0.39, 0.29) is 75.1 Å². The molecule has 112 heavy (non-hydrogen) atoms. The highest BCUT2D eigenvalue weighted by Crippen LogP contribution is 2.28. The minimum atomic E-state index is -3.65. The van der Waals surface area contributed by atoms with Crippen molar-refractivity contribution in [2.45, 2.75) is 97.3 Å². The average Bonchev–Trinajstić information content (AvgIpc) is 1.40. The van der Waals surface area contributed by atoms with Crippen molar-refractivity contribution in [1.82, 2.24) is 33.9 Å². The van der Waals surface area contributed by atoms with Crippen LogP contribution in [-0.4, -0.2) is 143 Å². The maximum absolute atomic E-state index is 12.4. The van der Waals surface area contributed by atoms with Gasteiger partial charge in [0.2, 0.25) is 20.0 Å². The molecule has 0 aliphatic carbocycles. The summed E-state index contributed by atoms with van der Waals surface area (Å²) in [6.45, 7) is 15.2. The Bertz CT molecular complexity index is 5130. The molecular formula is C81H93N11O13S7. The molecule has 0 bridgehead atoms. The van der Waals surface area contributed by atoms with E-state index in [0.717, 1.165) is 86.4 Å². The molecule has 0 saturated heterocycles. The smallest absolute Gasteiger partial charge is 0.335 e. The molecule has 0 unspecified atom stereocenters. The number of rotatable bonds is 22. The minimum Gasteiger partial charge on any atom is -0.481 e. The number of thiocarbonyl (C=S) groups is 1. The van der Waals surface area contributed by atoms with E-state index in [0.29, 0.717) is 29.4 Å². The molecule has 7 aromatic carbocycles. The number of thiazole rings is 4. The van der Waals surface area contributed by atoms with Crippen LogP contribution in [0.2, 0.25) is 0 Å². The van der Waals surface area contributed by atoms with Gasteiger partial charge in [0, 0.05) is 95.9 Å². The molecule has 31 heteroatoms. The lowest BCUT2D eigenvalue weighted by Crippen LogP contribution is -2.30. The summed E-state index contributed by atoms with van der Waals surface area (Å²) in [5.74, 6) is -2.19. The second kappa shape index (κ2) is 46.9. The zero-order chi connectivity index (χ0) is 83.4. The van der Waals surface area contributed by atoms with E-state index in [4.69, 9.17) is 21.7 Å². The molecule has 11 aromatic rings. The molecule has 0 atom stereocenters. The fraction of sp³-hybridized carbons (Fsp3) is 0.235. The first-order valence-corrected chi connectivity index (χ1v) is 41.1. The van der Waals surface area contributed by atoms with E-state index < -0.39 is 37.9 Å². The van der Waals surface area contributed by atoms with E-state index in [1.54, 1.807) is 25.2 Å². The number of nitrogen functional groups attached to an aromatic ring is 1. The maximum Gasteiger partial charge on any atom is 0.335 e. The number of Topliss-reactive ketones (excluding diaryl/α,β-unsaturated/α-hetero) is 4. The predicted molar refractivity (Wildman–Crippen MR) is 453 cm³/mol. The number of nitrogens with zero attached hydrogens (tertiary/aromatic N) is 6. The highest BCUT2D eigenvalue weighted by atomic mass is 32.2. The first-order chi connectivity index (χ1) is 52.8. The van der Waals surface area contributed by atoms with Crippen molar-refractivity contribution in [1.29, 1.82) is 0 Å². The standard InChI is InChI=1S/C22H23N3O4S2.C14H15NOS.C13H14N2OS.C10H10N2S.C9H11NO4S.C9H10O.C3H6O2.CH4N2S/c1-15-6-4-7-16(10-15)20-14-30-21(24-20)12-18(26)13-23-22(27)17-8-5-9-19(11-17)31(28,29)25(2)3;1-3-12(16)8-14-15-13(9-17-14)11-6-4-5-10(2)7-11;1-9-3-2-4-10(5-9)12-8-17-13(15-12)6-11(16)7-14;1-7-3-2-4-8(5-7)9-6-13-10(11)12-9;1-10(2)15(13,14)8-5-3-4-7(6-8)9(11)12;1-7-4-3-5-9(6-7)8(2)10;1-2-3(4)5;2-1(3)4/h4-11,14H,12-13H2,1-3H3,(H,23,27);4-7,9H,3,8H2,1-2H3;2-5,8H,6-7,14H2,1H3;2-6H,1H3,(H2,11,12);3-6H,1-2H3,(H,11,12);3-6H,1-2H3;2H2,1H3,(H,4,5);(H4,2,3,4). The van der Waals surface area contributed by atoms with Crippen molar-refractivity contribution in [3.05, 3.63) is 251 Å². The third-order valence-corrected chi connectivity index (χ3v) is 21.8. The first kappa shape index (κ1) is 93.8. The van der Waals surface area contributed by atoms with Crippen LogP contribution in [0, 0.1) is 34.6 Å². The molecule has 0 radical (unpaired) electrons. The van der Waals surface area contributed by atoms with Crippen molar-refractivity contribution >= 4 is 129 Å². The summed E-state index contributed by atoms with van der Waals surface area (Å²) in [5, 5.41) is 29.9. The van der Waals surface area contributed by atoms with Crippen molar-refractivity contribution in [3.8, 4) is 45.0 Å². The van der Waals surface area contributed by atoms with Crippen LogP contribution >= 0.6 is 57.6 Å². The highest BCUT2D eigenvalue weighted by Gasteiger charge is 2.21. The Kier molecular flexibility index (Phi) is 39.3. The van der Waals surface area contributed by atoms with Gasteiger partial charge in [-0.1, -0.05) is 145 Å². The number of hydrogen-bond donors (Lipinski definition) is 7. The number of hydrogen-bond acceptors (Lipinski definition) is 22. The number of ketones is 4. The normalized spacial score (nSPS) is 10.5. The van der Waals surface area contributed by atoms with E-state index >= 15 is 0 Å². The summed E-state index contributed by atoms with van der Waals surface area (Å²) >= 11 is 10.0. The van der Waals surface area contributed by atoms with E-state index in [1.807, 2.05) is 127 Å².